The second-order valence-corrected chi connectivity index (χ2v) is 6.88. The van der Waals surface area contributed by atoms with Gasteiger partial charge in [0.15, 0.2) is 0 Å². The summed E-state index contributed by atoms with van der Waals surface area (Å²) in [5, 5.41) is 19.8. The monoisotopic (exact) mass is 375 g/mol. The van der Waals surface area contributed by atoms with Crippen LogP contribution in [0.15, 0.2) is 24.4 Å². The fraction of sp³-hybridized carbons (Fsp3) is 0.474. The van der Waals surface area contributed by atoms with Crippen LogP contribution in [0, 0.1) is 0 Å². The average Bonchev–Trinajstić information content (AvgIpc) is 2.99. The predicted molar refractivity (Wildman–Crippen MR) is 100 cm³/mol. The molecule has 0 radical (unpaired) electrons. The van der Waals surface area contributed by atoms with Crippen molar-refractivity contribution >= 4 is 22.8 Å². The summed E-state index contributed by atoms with van der Waals surface area (Å²) >= 11 is 0. The van der Waals surface area contributed by atoms with Crippen LogP contribution in [0.25, 0.3) is 10.9 Å². The predicted octanol–water partition coefficient (Wildman–Crippen LogP) is 1.50. The van der Waals surface area contributed by atoms with Gasteiger partial charge in [-0.15, -0.1) is 0 Å². The number of benzene rings is 1. The lowest BCUT2D eigenvalue weighted by atomic mass is 10.0. The first-order chi connectivity index (χ1) is 12.9. The van der Waals surface area contributed by atoms with Crippen LogP contribution in [0.4, 0.5) is 0 Å². The zero-order valence-corrected chi connectivity index (χ0v) is 15.6. The molecule has 0 aliphatic carbocycles. The normalized spacial score (nSPS) is 17.1. The van der Waals surface area contributed by atoms with Crippen molar-refractivity contribution in [3.8, 4) is 5.75 Å². The lowest BCUT2D eigenvalue weighted by Crippen LogP contribution is -2.47. The van der Waals surface area contributed by atoms with Crippen molar-refractivity contribution in [3.05, 3.63) is 30.0 Å². The van der Waals surface area contributed by atoms with E-state index in [2.05, 4.69) is 4.90 Å². The molecular formula is C19H25N3O5. The van der Waals surface area contributed by atoms with Crippen LogP contribution in [-0.4, -0.2) is 76.9 Å². The Kier molecular flexibility index (Phi) is 5.67. The number of aryl methyl sites for hydroxylation is 1. The highest BCUT2D eigenvalue weighted by Gasteiger charge is 2.32. The SMILES string of the molecule is COc1ccc2c(c1)c([C@H](C(=O)O)N1CCN(C)CC1)cn2CCC(=O)O. The molecule has 0 saturated carbocycles. The van der Waals surface area contributed by atoms with E-state index in [1.54, 1.807) is 19.4 Å². The molecule has 3 rings (SSSR count). The molecule has 0 unspecified atom stereocenters. The Labute approximate surface area is 157 Å². The molecule has 2 N–H and O–H groups in total. The molecule has 1 aromatic heterocycles. The number of methoxy groups -OCH3 is 1. The molecule has 0 bridgehead atoms. The molecule has 1 atom stereocenters. The van der Waals surface area contributed by atoms with Gasteiger partial charge in [0.1, 0.15) is 11.8 Å². The molecule has 1 saturated heterocycles. The van der Waals surface area contributed by atoms with Gasteiger partial charge in [-0.3, -0.25) is 14.5 Å². The number of hydrogen-bond acceptors (Lipinski definition) is 5. The number of nitrogens with zero attached hydrogens (tertiary/aromatic N) is 3. The number of carboxylic acid groups (broad SMARTS) is 2. The van der Waals surface area contributed by atoms with Gasteiger partial charge in [0.05, 0.1) is 13.5 Å². The number of fused-ring (bicyclic) bond motifs is 1. The first-order valence-electron chi connectivity index (χ1n) is 8.94. The number of carbonyl (C=O) groups is 2. The van der Waals surface area contributed by atoms with Crippen LogP contribution in [0.1, 0.15) is 18.0 Å². The molecule has 0 amide bonds. The minimum atomic E-state index is -0.903. The molecule has 1 aliphatic heterocycles. The van der Waals surface area contributed by atoms with Gasteiger partial charge in [0.2, 0.25) is 0 Å². The van der Waals surface area contributed by atoms with Crippen molar-refractivity contribution in [3.63, 3.8) is 0 Å². The van der Waals surface area contributed by atoms with E-state index in [0.29, 0.717) is 24.4 Å². The maximum Gasteiger partial charge on any atom is 0.325 e. The van der Waals surface area contributed by atoms with Gasteiger partial charge in [-0.05, 0) is 25.2 Å². The Bertz CT molecular complexity index is 839. The highest BCUT2D eigenvalue weighted by Crippen LogP contribution is 2.33. The van der Waals surface area contributed by atoms with Crippen LogP contribution < -0.4 is 4.74 Å². The molecule has 0 spiro atoms. The molecule has 2 heterocycles. The van der Waals surface area contributed by atoms with Gasteiger partial charge in [-0.1, -0.05) is 0 Å². The third kappa shape index (κ3) is 4.06. The summed E-state index contributed by atoms with van der Waals surface area (Å²) < 4.78 is 7.14. The smallest absolute Gasteiger partial charge is 0.325 e. The molecule has 27 heavy (non-hydrogen) atoms. The summed E-state index contributed by atoms with van der Waals surface area (Å²) in [6, 6.07) is 4.70. The molecule has 8 heteroatoms. The number of ether oxygens (including phenoxy) is 1. The zero-order chi connectivity index (χ0) is 19.6. The number of aromatic nitrogens is 1. The Morgan fingerprint density at radius 1 is 1.19 bits per heavy atom. The summed E-state index contributed by atoms with van der Waals surface area (Å²) in [5.74, 6) is -1.15. The second kappa shape index (κ2) is 7.98. The van der Waals surface area contributed by atoms with Crippen molar-refractivity contribution in [1.82, 2.24) is 14.4 Å². The maximum absolute atomic E-state index is 12.2. The highest BCUT2D eigenvalue weighted by atomic mass is 16.5. The lowest BCUT2D eigenvalue weighted by molar-refractivity contribution is -0.144. The van der Waals surface area contributed by atoms with Crippen LogP contribution in [0.3, 0.4) is 0 Å². The van der Waals surface area contributed by atoms with Gasteiger partial charge in [-0.25, -0.2) is 0 Å². The van der Waals surface area contributed by atoms with E-state index in [4.69, 9.17) is 9.84 Å². The number of rotatable bonds is 7. The molecule has 1 aromatic carbocycles. The Hall–Kier alpha value is -2.58. The summed E-state index contributed by atoms with van der Waals surface area (Å²) in [7, 11) is 3.59. The van der Waals surface area contributed by atoms with Crippen LogP contribution in [0.2, 0.25) is 0 Å². The first-order valence-corrected chi connectivity index (χ1v) is 8.94. The van der Waals surface area contributed by atoms with Crippen molar-refractivity contribution in [1.29, 1.82) is 0 Å². The molecule has 1 fully saturated rings. The van der Waals surface area contributed by atoms with E-state index in [0.717, 1.165) is 24.0 Å². The van der Waals surface area contributed by atoms with E-state index in [1.165, 1.54) is 0 Å². The van der Waals surface area contributed by atoms with Crippen LogP contribution in [0.5, 0.6) is 5.75 Å². The van der Waals surface area contributed by atoms with Crippen molar-refractivity contribution in [2.24, 2.45) is 0 Å². The minimum Gasteiger partial charge on any atom is -0.497 e. The largest absolute Gasteiger partial charge is 0.497 e. The standard InChI is InChI=1S/C19H25N3O5/c1-20-7-9-21(10-8-20)18(19(25)26)15-12-22(6-5-17(23)24)16-4-3-13(27-2)11-14(15)16/h3-4,11-12,18H,5-10H2,1-2H3,(H,23,24)(H,25,26)/t18-/m1/s1. The quantitative estimate of drug-likeness (QED) is 0.757. The molecule has 1 aliphatic rings. The highest BCUT2D eigenvalue weighted by molar-refractivity contribution is 5.90. The van der Waals surface area contributed by atoms with E-state index < -0.39 is 18.0 Å². The minimum absolute atomic E-state index is 0.0263. The van der Waals surface area contributed by atoms with E-state index in [9.17, 15) is 14.7 Å². The molecular weight excluding hydrogens is 350 g/mol. The van der Waals surface area contributed by atoms with Crippen molar-refractivity contribution in [2.45, 2.75) is 19.0 Å². The third-order valence-corrected chi connectivity index (χ3v) is 5.12. The third-order valence-electron chi connectivity index (χ3n) is 5.12. The summed E-state index contributed by atoms with van der Waals surface area (Å²) in [4.78, 5) is 27.3. The van der Waals surface area contributed by atoms with E-state index in [1.807, 2.05) is 28.6 Å². The molecule has 2 aromatic rings. The number of aliphatic carboxylic acids is 2. The van der Waals surface area contributed by atoms with Crippen molar-refractivity contribution in [2.75, 3.05) is 40.3 Å². The van der Waals surface area contributed by atoms with Crippen LogP contribution >= 0.6 is 0 Å². The van der Waals surface area contributed by atoms with Gasteiger partial charge < -0.3 is 24.4 Å². The summed E-state index contributed by atoms with van der Waals surface area (Å²) in [6.07, 6.45) is 1.76. The van der Waals surface area contributed by atoms with Crippen LogP contribution in [-0.2, 0) is 16.1 Å². The Morgan fingerprint density at radius 3 is 2.48 bits per heavy atom. The average molecular weight is 375 g/mol. The number of hydrogen-bond donors (Lipinski definition) is 2. The number of likely N-dealkylation sites (N-methyl/N-ethyl adjacent to an activating group) is 1. The van der Waals surface area contributed by atoms with Gasteiger partial charge in [-0.2, -0.15) is 0 Å². The zero-order valence-electron chi connectivity index (χ0n) is 15.6. The van der Waals surface area contributed by atoms with Gasteiger partial charge >= 0.3 is 11.9 Å². The Balaban J connectivity index is 2.06. The van der Waals surface area contributed by atoms with E-state index in [-0.39, 0.29) is 13.0 Å². The first kappa shape index (κ1) is 19.2. The molecule has 8 nitrogen and oxygen atoms in total. The number of piperazine rings is 1. The van der Waals surface area contributed by atoms with Crippen molar-refractivity contribution < 1.29 is 24.5 Å². The lowest BCUT2D eigenvalue weighted by Gasteiger charge is -2.36. The topological polar surface area (TPSA) is 95.2 Å². The number of carboxylic acids is 2. The summed E-state index contributed by atoms with van der Waals surface area (Å²) in [6.45, 7) is 3.24. The Morgan fingerprint density at radius 2 is 1.89 bits per heavy atom. The fourth-order valence-corrected chi connectivity index (χ4v) is 3.62. The van der Waals surface area contributed by atoms with E-state index >= 15 is 0 Å². The van der Waals surface area contributed by atoms with Gasteiger partial charge in [0, 0.05) is 55.4 Å². The molecule has 146 valence electrons. The van der Waals surface area contributed by atoms with Gasteiger partial charge in [0.25, 0.3) is 0 Å². The second-order valence-electron chi connectivity index (χ2n) is 6.88. The fourth-order valence-electron chi connectivity index (χ4n) is 3.62. The maximum atomic E-state index is 12.2. The summed E-state index contributed by atoms with van der Waals surface area (Å²) in [5.41, 5.74) is 1.48.